The van der Waals surface area contributed by atoms with Gasteiger partial charge in [0.05, 0.1) is 31.0 Å². The second kappa shape index (κ2) is 5.76. The van der Waals surface area contributed by atoms with Crippen molar-refractivity contribution in [1.29, 1.82) is 0 Å². The minimum Gasteiger partial charge on any atom is -0.481 e. The third-order valence-corrected chi connectivity index (χ3v) is 4.92. The van der Waals surface area contributed by atoms with Gasteiger partial charge in [-0.25, -0.2) is 4.98 Å². The lowest BCUT2D eigenvalue weighted by atomic mass is 10.2. The van der Waals surface area contributed by atoms with Crippen molar-refractivity contribution in [3.63, 3.8) is 0 Å². The molecule has 6 nitrogen and oxygen atoms in total. The highest BCUT2D eigenvalue weighted by Gasteiger charge is 2.19. The molecule has 0 saturated carbocycles. The van der Waals surface area contributed by atoms with Crippen LogP contribution < -0.4 is 0 Å². The summed E-state index contributed by atoms with van der Waals surface area (Å²) < 4.78 is 0.768. The zero-order chi connectivity index (χ0) is 14.9. The third-order valence-electron chi connectivity index (χ3n) is 2.68. The van der Waals surface area contributed by atoms with E-state index in [-0.39, 0.29) is 11.4 Å². The van der Waals surface area contributed by atoms with Crippen molar-refractivity contribution in [2.24, 2.45) is 5.92 Å². The van der Waals surface area contributed by atoms with Crippen LogP contribution in [0.4, 0.5) is 5.69 Å². The fourth-order valence-corrected chi connectivity index (χ4v) is 3.49. The lowest BCUT2D eigenvalue weighted by Gasteiger charge is -2.06. The van der Waals surface area contributed by atoms with Crippen LogP contribution in [-0.2, 0) is 4.79 Å². The molecule has 0 fully saturated rings. The Bertz CT molecular complexity index is 683. The van der Waals surface area contributed by atoms with Crippen molar-refractivity contribution in [1.82, 2.24) is 4.98 Å². The van der Waals surface area contributed by atoms with Crippen LogP contribution in [0.3, 0.4) is 0 Å². The van der Waals surface area contributed by atoms with Gasteiger partial charge in [0.1, 0.15) is 0 Å². The van der Waals surface area contributed by atoms with Gasteiger partial charge in [0, 0.05) is 11.8 Å². The molecule has 0 aliphatic heterocycles. The van der Waals surface area contributed by atoms with E-state index >= 15 is 0 Å². The first kappa shape index (κ1) is 14.7. The predicted molar refractivity (Wildman–Crippen MR) is 78.5 cm³/mol. The number of nitro benzene ring substituents is 1. The van der Waals surface area contributed by atoms with E-state index in [1.807, 2.05) is 6.92 Å². The molecule has 1 atom stereocenters. The van der Waals surface area contributed by atoms with E-state index in [0.29, 0.717) is 10.4 Å². The highest BCUT2D eigenvalue weighted by atomic mass is 32.2. The second-order valence-electron chi connectivity index (χ2n) is 4.33. The van der Waals surface area contributed by atoms with E-state index in [1.54, 1.807) is 13.0 Å². The number of rotatable bonds is 5. The zero-order valence-electron chi connectivity index (χ0n) is 10.8. The number of thioether (sulfide) groups is 1. The first-order valence-electron chi connectivity index (χ1n) is 5.79. The molecule has 0 bridgehead atoms. The van der Waals surface area contributed by atoms with Gasteiger partial charge in [-0.15, -0.1) is 23.1 Å². The number of carbonyl (C=O) groups is 1. The Morgan fingerprint density at radius 3 is 2.90 bits per heavy atom. The number of aromatic nitrogens is 1. The minimum atomic E-state index is -0.911. The van der Waals surface area contributed by atoms with Crippen LogP contribution >= 0.6 is 23.1 Å². The standard InChI is InChI=1S/C12H12N2O4S2/c1-6(12(15)16)5-19-11-3-8-10(20-7(2)13-8)4-9(11)14(17)18/h3-4,6H,5H2,1-2H3,(H,15,16). The molecule has 20 heavy (non-hydrogen) atoms. The summed E-state index contributed by atoms with van der Waals surface area (Å²) in [6, 6.07) is 3.17. The molecule has 1 unspecified atom stereocenters. The van der Waals surface area contributed by atoms with Gasteiger partial charge in [-0.1, -0.05) is 6.92 Å². The first-order chi connectivity index (χ1) is 9.38. The number of aryl methyl sites for hydroxylation is 1. The van der Waals surface area contributed by atoms with Crippen molar-refractivity contribution >= 4 is 45.0 Å². The molecule has 2 aromatic rings. The molecule has 0 amide bonds. The molecule has 1 aromatic heterocycles. The van der Waals surface area contributed by atoms with Crippen LogP contribution in [0.1, 0.15) is 11.9 Å². The topological polar surface area (TPSA) is 93.3 Å². The molecule has 0 spiro atoms. The molecule has 1 aromatic carbocycles. The van der Waals surface area contributed by atoms with Crippen LogP contribution in [0.2, 0.25) is 0 Å². The molecule has 0 saturated heterocycles. The van der Waals surface area contributed by atoms with E-state index in [0.717, 1.165) is 9.71 Å². The van der Waals surface area contributed by atoms with Gasteiger partial charge >= 0.3 is 5.97 Å². The van der Waals surface area contributed by atoms with Gasteiger partial charge in [-0.05, 0) is 13.0 Å². The summed E-state index contributed by atoms with van der Waals surface area (Å²) in [6.07, 6.45) is 0. The van der Waals surface area contributed by atoms with E-state index in [4.69, 9.17) is 5.11 Å². The molecule has 0 aliphatic rings. The zero-order valence-corrected chi connectivity index (χ0v) is 12.5. The lowest BCUT2D eigenvalue weighted by molar-refractivity contribution is -0.387. The van der Waals surface area contributed by atoms with E-state index in [1.165, 1.54) is 29.2 Å². The highest BCUT2D eigenvalue weighted by Crippen LogP contribution is 2.36. The summed E-state index contributed by atoms with van der Waals surface area (Å²) in [6.45, 7) is 3.42. The smallest absolute Gasteiger partial charge is 0.307 e. The van der Waals surface area contributed by atoms with Gasteiger partial charge in [0.2, 0.25) is 0 Å². The van der Waals surface area contributed by atoms with Crippen molar-refractivity contribution in [3.05, 3.63) is 27.3 Å². The fourth-order valence-electron chi connectivity index (χ4n) is 1.60. The van der Waals surface area contributed by atoms with Crippen molar-refractivity contribution in [3.8, 4) is 0 Å². The summed E-state index contributed by atoms with van der Waals surface area (Å²) in [7, 11) is 0. The number of fused-ring (bicyclic) bond motifs is 1. The molecule has 2 rings (SSSR count). The third kappa shape index (κ3) is 3.07. The molecule has 8 heteroatoms. The van der Waals surface area contributed by atoms with Crippen molar-refractivity contribution in [2.45, 2.75) is 18.7 Å². The van der Waals surface area contributed by atoms with E-state index < -0.39 is 16.8 Å². The largest absolute Gasteiger partial charge is 0.481 e. The van der Waals surface area contributed by atoms with Gasteiger partial charge in [0.25, 0.3) is 5.69 Å². The summed E-state index contributed by atoms with van der Waals surface area (Å²) in [4.78, 5) is 26.2. The van der Waals surface area contributed by atoms with Crippen molar-refractivity contribution < 1.29 is 14.8 Å². The maximum Gasteiger partial charge on any atom is 0.307 e. The monoisotopic (exact) mass is 312 g/mol. The summed E-state index contributed by atoms with van der Waals surface area (Å²) >= 11 is 2.58. The van der Waals surface area contributed by atoms with Gasteiger partial charge in [-0.2, -0.15) is 0 Å². The first-order valence-corrected chi connectivity index (χ1v) is 7.60. The number of benzene rings is 1. The normalized spacial score (nSPS) is 12.5. The Balaban J connectivity index is 2.36. The molecule has 1 N–H and O–H groups in total. The molecule has 106 valence electrons. The van der Waals surface area contributed by atoms with E-state index in [2.05, 4.69) is 4.98 Å². The predicted octanol–water partition coefficient (Wildman–Crippen LogP) is 3.33. The minimum absolute atomic E-state index is 0.00346. The maximum atomic E-state index is 11.1. The van der Waals surface area contributed by atoms with Crippen LogP contribution in [0.15, 0.2) is 17.0 Å². The van der Waals surface area contributed by atoms with Gasteiger partial charge < -0.3 is 5.11 Å². The van der Waals surface area contributed by atoms with E-state index in [9.17, 15) is 14.9 Å². The average Bonchev–Trinajstić information content (AvgIpc) is 2.73. The Morgan fingerprint density at radius 1 is 1.60 bits per heavy atom. The Hall–Kier alpha value is -1.67. The second-order valence-corrected chi connectivity index (χ2v) is 6.62. The number of nitro groups is 1. The molecular weight excluding hydrogens is 300 g/mol. The number of hydrogen-bond donors (Lipinski definition) is 1. The van der Waals surface area contributed by atoms with Crippen LogP contribution in [0.5, 0.6) is 0 Å². The Labute approximate surface area is 123 Å². The Kier molecular flexibility index (Phi) is 4.24. The number of hydrogen-bond acceptors (Lipinski definition) is 6. The summed E-state index contributed by atoms with van der Waals surface area (Å²) in [5.74, 6) is -1.19. The van der Waals surface area contributed by atoms with Gasteiger partial charge in [-0.3, -0.25) is 14.9 Å². The summed E-state index contributed by atoms with van der Waals surface area (Å²) in [5.41, 5.74) is 0.715. The number of aliphatic carboxylic acids is 1. The lowest BCUT2D eigenvalue weighted by Crippen LogP contribution is -2.11. The SMILES string of the molecule is Cc1nc2cc(SCC(C)C(=O)O)c([N+](=O)[O-])cc2s1. The highest BCUT2D eigenvalue weighted by molar-refractivity contribution is 7.99. The van der Waals surface area contributed by atoms with Crippen LogP contribution in [0.25, 0.3) is 10.2 Å². The number of thiazole rings is 1. The molecule has 1 heterocycles. The molecule has 0 aliphatic carbocycles. The maximum absolute atomic E-state index is 11.1. The van der Waals surface area contributed by atoms with Crippen molar-refractivity contribution in [2.75, 3.05) is 5.75 Å². The number of nitrogens with zero attached hydrogens (tertiary/aromatic N) is 2. The summed E-state index contributed by atoms with van der Waals surface area (Å²) in [5, 5.41) is 20.8. The fraction of sp³-hybridized carbons (Fsp3) is 0.333. The Morgan fingerprint density at radius 2 is 2.30 bits per heavy atom. The quantitative estimate of drug-likeness (QED) is 0.517. The van der Waals surface area contributed by atoms with Crippen LogP contribution in [-0.4, -0.2) is 26.7 Å². The molecular formula is C12H12N2O4S2. The molecule has 0 radical (unpaired) electrons. The van der Waals surface area contributed by atoms with Crippen LogP contribution in [0, 0.1) is 23.0 Å². The number of carboxylic acids is 1. The number of carboxylic acid groups (broad SMARTS) is 1. The van der Waals surface area contributed by atoms with Gasteiger partial charge in [0.15, 0.2) is 0 Å². The average molecular weight is 312 g/mol.